The lowest BCUT2D eigenvalue weighted by Crippen LogP contribution is -2.30. The Morgan fingerprint density at radius 3 is 2.48 bits per heavy atom. The highest BCUT2D eigenvalue weighted by Gasteiger charge is 2.34. The number of nitrogens with zero attached hydrogens (tertiary/aromatic N) is 3. The Balaban J connectivity index is 1.84. The average Bonchev–Trinajstić information content (AvgIpc) is 2.95. The lowest BCUT2D eigenvalue weighted by molar-refractivity contribution is -0.384. The summed E-state index contributed by atoms with van der Waals surface area (Å²) in [5, 5.41) is 11.3. The number of likely N-dealkylation sites (N-methyl/N-ethyl adjacent to an activating group) is 2. The summed E-state index contributed by atoms with van der Waals surface area (Å²) < 4.78 is 12.2. The Labute approximate surface area is 198 Å². The van der Waals surface area contributed by atoms with Crippen molar-refractivity contribution in [2.75, 3.05) is 20.7 Å². The fourth-order valence-corrected chi connectivity index (χ4v) is 4.17. The van der Waals surface area contributed by atoms with E-state index >= 15 is 0 Å². The summed E-state index contributed by atoms with van der Waals surface area (Å²) in [5.74, 6) is 0.937. The van der Waals surface area contributed by atoms with E-state index in [1.807, 2.05) is 13.0 Å². The zero-order valence-corrected chi connectivity index (χ0v) is 20.1. The summed E-state index contributed by atoms with van der Waals surface area (Å²) in [6.07, 6.45) is 1.77. The van der Waals surface area contributed by atoms with Crippen molar-refractivity contribution in [2.24, 2.45) is 0 Å². The molecule has 162 valence electrons. The molecule has 10 heteroatoms. The Hall–Kier alpha value is -2.73. The third-order valence-corrected chi connectivity index (χ3v) is 6.04. The molecule has 0 aliphatic carbocycles. The van der Waals surface area contributed by atoms with Gasteiger partial charge in [-0.1, -0.05) is 0 Å². The van der Waals surface area contributed by atoms with E-state index < -0.39 is 4.92 Å². The van der Waals surface area contributed by atoms with Crippen LogP contribution >= 0.6 is 34.8 Å². The van der Waals surface area contributed by atoms with Gasteiger partial charge in [-0.15, -0.1) is 0 Å². The van der Waals surface area contributed by atoms with Crippen LogP contribution in [0.4, 0.5) is 5.69 Å². The second-order valence-corrected chi connectivity index (χ2v) is 8.19. The number of hydrogen-bond donors (Lipinski definition) is 0. The lowest BCUT2D eigenvalue weighted by Gasteiger charge is -2.15. The molecule has 0 radical (unpaired) electrons. The molecule has 2 aromatic rings. The quantitative estimate of drug-likeness (QED) is 0.167. The standard InChI is InChI=1S/C21H20IN3O5S/c1-4-24-20(26)17(23(2)21(24)31)10-14-9-16(22)19(18(11-14)29-3)30-12-13-5-7-15(8-6-13)25(27)28/h5-11H,4,12H2,1-3H3. The molecule has 0 spiro atoms. The molecule has 1 amide bonds. The van der Waals surface area contributed by atoms with Crippen molar-refractivity contribution in [3.8, 4) is 11.5 Å². The second kappa shape index (κ2) is 9.60. The first-order valence-electron chi connectivity index (χ1n) is 9.31. The SMILES string of the molecule is CCN1C(=O)C(=Cc2cc(I)c(OCc3ccc([N+](=O)[O-])cc3)c(OC)c2)N(C)C1=S. The van der Waals surface area contributed by atoms with Crippen LogP contribution in [0.3, 0.4) is 0 Å². The number of nitro benzene ring substituents is 1. The third-order valence-electron chi connectivity index (χ3n) is 4.75. The molecule has 0 aromatic heterocycles. The van der Waals surface area contributed by atoms with Crippen molar-refractivity contribution in [1.29, 1.82) is 0 Å². The fraction of sp³-hybridized carbons (Fsp3) is 0.238. The Bertz CT molecular complexity index is 1070. The Morgan fingerprint density at radius 1 is 1.26 bits per heavy atom. The normalized spacial score (nSPS) is 15.0. The minimum atomic E-state index is -0.442. The summed E-state index contributed by atoms with van der Waals surface area (Å²) in [7, 11) is 3.31. The maximum Gasteiger partial charge on any atom is 0.276 e. The van der Waals surface area contributed by atoms with Gasteiger partial charge in [0.05, 0.1) is 15.6 Å². The molecule has 3 rings (SSSR count). The number of amides is 1. The summed E-state index contributed by atoms with van der Waals surface area (Å²) in [6, 6.07) is 9.87. The van der Waals surface area contributed by atoms with Gasteiger partial charge in [0.25, 0.3) is 11.6 Å². The van der Waals surface area contributed by atoms with Crippen LogP contribution in [0.2, 0.25) is 0 Å². The first-order chi connectivity index (χ1) is 14.8. The van der Waals surface area contributed by atoms with Crippen molar-refractivity contribution in [1.82, 2.24) is 9.80 Å². The molecule has 1 fully saturated rings. The van der Waals surface area contributed by atoms with Crippen LogP contribution in [0.5, 0.6) is 11.5 Å². The molecule has 2 aromatic carbocycles. The maximum atomic E-state index is 12.6. The maximum absolute atomic E-state index is 12.6. The molecule has 0 unspecified atom stereocenters. The van der Waals surface area contributed by atoms with Gasteiger partial charge < -0.3 is 14.4 Å². The molecule has 8 nitrogen and oxygen atoms in total. The van der Waals surface area contributed by atoms with E-state index in [1.165, 1.54) is 12.1 Å². The average molecular weight is 553 g/mol. The van der Waals surface area contributed by atoms with Gasteiger partial charge in [-0.25, -0.2) is 0 Å². The lowest BCUT2D eigenvalue weighted by atomic mass is 10.1. The number of ether oxygens (including phenoxy) is 2. The van der Waals surface area contributed by atoms with E-state index in [-0.39, 0.29) is 18.2 Å². The van der Waals surface area contributed by atoms with E-state index in [4.69, 9.17) is 21.7 Å². The predicted octanol–water partition coefficient (Wildman–Crippen LogP) is 4.21. The molecule has 0 saturated carbocycles. The summed E-state index contributed by atoms with van der Waals surface area (Å²) in [5.41, 5.74) is 2.09. The van der Waals surface area contributed by atoms with Crippen LogP contribution in [0.25, 0.3) is 6.08 Å². The minimum absolute atomic E-state index is 0.0286. The smallest absolute Gasteiger partial charge is 0.276 e. The monoisotopic (exact) mass is 553 g/mol. The number of methoxy groups -OCH3 is 1. The van der Waals surface area contributed by atoms with Crippen molar-refractivity contribution in [3.63, 3.8) is 0 Å². The Kier molecular flexibility index (Phi) is 7.11. The zero-order chi connectivity index (χ0) is 22.7. The highest BCUT2D eigenvalue weighted by atomic mass is 127. The van der Waals surface area contributed by atoms with Crippen molar-refractivity contribution in [2.45, 2.75) is 13.5 Å². The number of halogens is 1. The Morgan fingerprint density at radius 2 is 1.94 bits per heavy atom. The van der Waals surface area contributed by atoms with Gasteiger partial charge in [0.15, 0.2) is 16.6 Å². The molecule has 1 aliphatic rings. The molecule has 0 N–H and O–H groups in total. The van der Waals surface area contributed by atoms with Crippen molar-refractivity contribution < 1.29 is 19.2 Å². The van der Waals surface area contributed by atoms with Crippen LogP contribution in [0, 0.1) is 13.7 Å². The van der Waals surface area contributed by atoms with Crippen LogP contribution in [-0.2, 0) is 11.4 Å². The van der Waals surface area contributed by atoms with Crippen molar-refractivity contribution >= 4 is 57.6 Å². The molecule has 1 saturated heterocycles. The predicted molar refractivity (Wildman–Crippen MR) is 129 cm³/mol. The number of hydrogen-bond acceptors (Lipinski definition) is 6. The summed E-state index contributed by atoms with van der Waals surface area (Å²) >= 11 is 7.48. The minimum Gasteiger partial charge on any atom is -0.493 e. The van der Waals surface area contributed by atoms with Crippen LogP contribution in [0.1, 0.15) is 18.1 Å². The molecule has 1 heterocycles. The van der Waals surface area contributed by atoms with Crippen molar-refractivity contribution in [3.05, 3.63) is 66.9 Å². The molecular weight excluding hydrogens is 533 g/mol. The van der Waals surface area contributed by atoms with Gasteiger partial charge in [-0.2, -0.15) is 0 Å². The van der Waals surface area contributed by atoms with Gasteiger partial charge in [-0.3, -0.25) is 19.8 Å². The number of non-ortho nitro benzene ring substituents is 1. The fourth-order valence-electron chi connectivity index (χ4n) is 3.08. The highest BCUT2D eigenvalue weighted by molar-refractivity contribution is 14.1. The summed E-state index contributed by atoms with van der Waals surface area (Å²) in [4.78, 5) is 26.2. The van der Waals surface area contributed by atoms with Gasteiger partial charge in [0.2, 0.25) is 0 Å². The van der Waals surface area contributed by atoms with E-state index in [9.17, 15) is 14.9 Å². The first kappa shape index (κ1) is 22.9. The molecule has 31 heavy (non-hydrogen) atoms. The topological polar surface area (TPSA) is 85.2 Å². The largest absolute Gasteiger partial charge is 0.493 e. The third kappa shape index (κ3) is 4.79. The number of rotatable bonds is 7. The summed E-state index contributed by atoms with van der Waals surface area (Å²) in [6.45, 7) is 2.62. The van der Waals surface area contributed by atoms with E-state index in [0.29, 0.717) is 28.9 Å². The van der Waals surface area contributed by atoms with E-state index in [1.54, 1.807) is 48.2 Å². The zero-order valence-electron chi connectivity index (χ0n) is 17.1. The second-order valence-electron chi connectivity index (χ2n) is 6.67. The van der Waals surface area contributed by atoms with Gasteiger partial charge >= 0.3 is 0 Å². The molecule has 0 atom stereocenters. The number of carbonyl (C=O) groups is 1. The highest BCUT2D eigenvalue weighted by Crippen LogP contribution is 2.36. The molecule has 0 bridgehead atoms. The van der Waals surface area contributed by atoms with Gasteiger partial charge in [0, 0.05) is 25.7 Å². The molecule has 1 aliphatic heterocycles. The van der Waals surface area contributed by atoms with Crippen LogP contribution in [0.15, 0.2) is 42.1 Å². The first-order valence-corrected chi connectivity index (χ1v) is 10.8. The number of nitro groups is 1. The van der Waals surface area contributed by atoms with Crippen LogP contribution in [-0.4, -0.2) is 46.4 Å². The van der Waals surface area contributed by atoms with Gasteiger partial charge in [-0.05, 0) is 83.2 Å². The number of benzene rings is 2. The number of thiocarbonyl (C=S) groups is 1. The van der Waals surface area contributed by atoms with Gasteiger partial charge in [0.1, 0.15) is 12.3 Å². The number of carbonyl (C=O) groups excluding carboxylic acids is 1. The van der Waals surface area contributed by atoms with E-state index in [2.05, 4.69) is 22.6 Å². The van der Waals surface area contributed by atoms with Crippen LogP contribution < -0.4 is 9.47 Å². The molecular formula is C21H20IN3O5S. The van der Waals surface area contributed by atoms with E-state index in [0.717, 1.165) is 14.7 Å².